The summed E-state index contributed by atoms with van der Waals surface area (Å²) in [6.45, 7) is 2.85. The number of aryl methyl sites for hydroxylation is 1. The second-order valence-corrected chi connectivity index (χ2v) is 5.20. The lowest BCUT2D eigenvalue weighted by Crippen LogP contribution is -2.01. The smallest absolute Gasteiger partial charge is 0.0961 e. The molecule has 0 aliphatic heterocycles. The lowest BCUT2D eigenvalue weighted by atomic mass is 10.1. The Labute approximate surface area is 89.5 Å². The fraction of sp³-hybridized carbons (Fsp3) is 0.727. The predicted octanol–water partition coefficient (Wildman–Crippen LogP) is 2.61. The minimum atomic E-state index is 0.743. The third-order valence-electron chi connectivity index (χ3n) is 2.99. The number of hydrogen-bond acceptors (Lipinski definition) is 3. The Morgan fingerprint density at radius 3 is 2.79 bits per heavy atom. The van der Waals surface area contributed by atoms with Crippen molar-refractivity contribution in [2.75, 3.05) is 6.54 Å². The zero-order chi connectivity index (χ0) is 9.97. The molecule has 2 nitrogen and oxygen atoms in total. The quantitative estimate of drug-likeness (QED) is 0.833. The molecule has 1 aliphatic carbocycles. The van der Waals surface area contributed by atoms with E-state index in [-0.39, 0.29) is 0 Å². The topological polar surface area (TPSA) is 38.9 Å². The summed E-state index contributed by atoms with van der Waals surface area (Å²) >= 11 is 1.89. The summed E-state index contributed by atoms with van der Waals surface area (Å²) in [6.07, 6.45) is 6.45. The molecule has 1 fully saturated rings. The van der Waals surface area contributed by atoms with Gasteiger partial charge in [0.05, 0.1) is 10.7 Å². The Hall–Kier alpha value is -0.410. The lowest BCUT2D eigenvalue weighted by Gasteiger charge is -2.02. The van der Waals surface area contributed by atoms with Crippen molar-refractivity contribution in [1.29, 1.82) is 0 Å². The van der Waals surface area contributed by atoms with Gasteiger partial charge in [-0.25, -0.2) is 4.98 Å². The molecule has 1 aromatic heterocycles. The highest BCUT2D eigenvalue weighted by Gasteiger charge is 2.21. The van der Waals surface area contributed by atoms with Gasteiger partial charge < -0.3 is 5.73 Å². The first-order valence-electron chi connectivity index (χ1n) is 5.47. The van der Waals surface area contributed by atoms with E-state index in [0.717, 1.165) is 18.9 Å². The average Bonchev–Trinajstić information content (AvgIpc) is 2.76. The monoisotopic (exact) mass is 210 g/mol. The van der Waals surface area contributed by atoms with Crippen LogP contribution in [-0.4, -0.2) is 11.5 Å². The van der Waals surface area contributed by atoms with Gasteiger partial charge in [0.2, 0.25) is 0 Å². The van der Waals surface area contributed by atoms with E-state index in [9.17, 15) is 0 Å². The first kappa shape index (κ1) is 10.1. The lowest BCUT2D eigenvalue weighted by molar-refractivity contribution is 0.714. The summed E-state index contributed by atoms with van der Waals surface area (Å²) in [6, 6.07) is 0. The predicted molar refractivity (Wildman–Crippen MR) is 60.8 cm³/mol. The molecule has 0 aromatic carbocycles. The number of aromatic nitrogens is 1. The maximum absolute atomic E-state index is 5.57. The number of nitrogens with zero attached hydrogens (tertiary/aromatic N) is 1. The van der Waals surface area contributed by atoms with Crippen LogP contribution in [0.5, 0.6) is 0 Å². The van der Waals surface area contributed by atoms with Crippen molar-refractivity contribution in [3.05, 3.63) is 15.6 Å². The fourth-order valence-electron chi connectivity index (χ4n) is 2.16. The molecule has 0 atom stereocenters. The molecule has 0 saturated heterocycles. The molecule has 1 saturated carbocycles. The molecule has 0 amide bonds. The van der Waals surface area contributed by atoms with Crippen molar-refractivity contribution < 1.29 is 0 Å². The standard InChI is InChI=1S/C11H18N2S/c1-8-10(6-7-12)14-11(13-8)9-4-2-3-5-9/h9H,2-7,12H2,1H3. The number of thiazole rings is 1. The molecule has 14 heavy (non-hydrogen) atoms. The Bertz CT molecular complexity index is 300. The third-order valence-corrected chi connectivity index (χ3v) is 4.36. The normalized spacial score (nSPS) is 17.9. The van der Waals surface area contributed by atoms with Crippen molar-refractivity contribution in [2.45, 2.75) is 44.9 Å². The highest BCUT2D eigenvalue weighted by Crippen LogP contribution is 2.37. The van der Waals surface area contributed by atoms with Gasteiger partial charge in [0.25, 0.3) is 0 Å². The number of hydrogen-bond donors (Lipinski definition) is 1. The van der Waals surface area contributed by atoms with Crippen LogP contribution in [0.1, 0.15) is 47.2 Å². The van der Waals surface area contributed by atoms with Gasteiger partial charge in [-0.2, -0.15) is 0 Å². The zero-order valence-corrected chi connectivity index (χ0v) is 9.57. The SMILES string of the molecule is Cc1nc(C2CCCC2)sc1CCN. The van der Waals surface area contributed by atoms with Crippen LogP contribution in [0.2, 0.25) is 0 Å². The molecular formula is C11H18N2S. The van der Waals surface area contributed by atoms with Crippen LogP contribution < -0.4 is 5.73 Å². The van der Waals surface area contributed by atoms with Crippen molar-refractivity contribution in [1.82, 2.24) is 4.98 Å². The summed E-state index contributed by atoms with van der Waals surface area (Å²) in [5.41, 5.74) is 6.78. The van der Waals surface area contributed by atoms with Gasteiger partial charge in [0.1, 0.15) is 0 Å². The van der Waals surface area contributed by atoms with E-state index in [1.807, 2.05) is 11.3 Å². The van der Waals surface area contributed by atoms with Gasteiger partial charge in [0.15, 0.2) is 0 Å². The molecule has 0 bridgehead atoms. The maximum Gasteiger partial charge on any atom is 0.0961 e. The van der Waals surface area contributed by atoms with E-state index in [1.54, 1.807) is 0 Å². The van der Waals surface area contributed by atoms with E-state index in [2.05, 4.69) is 11.9 Å². The fourth-order valence-corrected chi connectivity index (χ4v) is 3.41. The molecule has 3 heteroatoms. The van der Waals surface area contributed by atoms with E-state index < -0.39 is 0 Å². The van der Waals surface area contributed by atoms with E-state index >= 15 is 0 Å². The molecule has 0 unspecified atom stereocenters. The largest absolute Gasteiger partial charge is 0.330 e. The van der Waals surface area contributed by atoms with Crippen LogP contribution in [0.25, 0.3) is 0 Å². The zero-order valence-electron chi connectivity index (χ0n) is 8.75. The Kier molecular flexibility index (Phi) is 3.19. The van der Waals surface area contributed by atoms with Crippen LogP contribution >= 0.6 is 11.3 Å². The summed E-state index contributed by atoms with van der Waals surface area (Å²) in [5.74, 6) is 0.755. The summed E-state index contributed by atoms with van der Waals surface area (Å²) in [7, 11) is 0. The van der Waals surface area contributed by atoms with Crippen molar-refractivity contribution in [3.63, 3.8) is 0 Å². The van der Waals surface area contributed by atoms with Gasteiger partial charge in [0, 0.05) is 10.8 Å². The molecule has 78 valence electrons. The minimum Gasteiger partial charge on any atom is -0.330 e. The summed E-state index contributed by atoms with van der Waals surface area (Å²) in [4.78, 5) is 6.07. The van der Waals surface area contributed by atoms with E-state index in [0.29, 0.717) is 0 Å². The van der Waals surface area contributed by atoms with Crippen LogP contribution in [0.15, 0.2) is 0 Å². The van der Waals surface area contributed by atoms with Gasteiger partial charge >= 0.3 is 0 Å². The number of nitrogens with two attached hydrogens (primary N) is 1. The minimum absolute atomic E-state index is 0.743. The van der Waals surface area contributed by atoms with Crippen molar-refractivity contribution in [2.24, 2.45) is 5.73 Å². The van der Waals surface area contributed by atoms with Crippen LogP contribution in [-0.2, 0) is 6.42 Å². The molecule has 1 heterocycles. The molecule has 2 rings (SSSR count). The highest BCUT2D eigenvalue weighted by atomic mass is 32.1. The molecule has 2 N–H and O–H groups in total. The van der Waals surface area contributed by atoms with Gasteiger partial charge in [-0.3, -0.25) is 0 Å². The van der Waals surface area contributed by atoms with Crippen molar-refractivity contribution in [3.8, 4) is 0 Å². The highest BCUT2D eigenvalue weighted by molar-refractivity contribution is 7.11. The Morgan fingerprint density at radius 2 is 2.14 bits per heavy atom. The Morgan fingerprint density at radius 1 is 1.43 bits per heavy atom. The van der Waals surface area contributed by atoms with E-state index in [4.69, 9.17) is 5.73 Å². The van der Waals surface area contributed by atoms with Gasteiger partial charge in [-0.15, -0.1) is 11.3 Å². The molecule has 1 aliphatic rings. The van der Waals surface area contributed by atoms with Gasteiger partial charge in [-0.1, -0.05) is 12.8 Å². The van der Waals surface area contributed by atoms with Crippen LogP contribution in [0.3, 0.4) is 0 Å². The molecule has 0 radical (unpaired) electrons. The average molecular weight is 210 g/mol. The molecule has 1 aromatic rings. The summed E-state index contributed by atoms with van der Waals surface area (Å²) in [5, 5.41) is 1.36. The van der Waals surface area contributed by atoms with Crippen LogP contribution in [0.4, 0.5) is 0 Å². The second-order valence-electron chi connectivity index (χ2n) is 4.08. The Balaban J connectivity index is 2.14. The van der Waals surface area contributed by atoms with Crippen molar-refractivity contribution >= 4 is 11.3 Å². The van der Waals surface area contributed by atoms with Crippen LogP contribution in [0, 0.1) is 6.92 Å². The third kappa shape index (κ3) is 1.98. The molecular weight excluding hydrogens is 192 g/mol. The van der Waals surface area contributed by atoms with E-state index in [1.165, 1.54) is 41.3 Å². The summed E-state index contributed by atoms with van der Waals surface area (Å²) < 4.78 is 0. The van der Waals surface area contributed by atoms with Gasteiger partial charge in [-0.05, 0) is 32.7 Å². The molecule has 0 spiro atoms. The first-order valence-corrected chi connectivity index (χ1v) is 6.29. The maximum atomic E-state index is 5.57. The first-order chi connectivity index (χ1) is 6.81. The second kappa shape index (κ2) is 4.41. The number of rotatable bonds is 3.